The Hall–Kier alpha value is -0.900. The SMILES string of the molecule is CC(=O)N(CCN)C(=O)C(C)(C)C. The van der Waals surface area contributed by atoms with Crippen molar-refractivity contribution in [2.24, 2.45) is 11.1 Å². The van der Waals surface area contributed by atoms with Crippen LogP contribution in [-0.4, -0.2) is 29.8 Å². The highest BCUT2D eigenvalue weighted by molar-refractivity contribution is 5.96. The highest BCUT2D eigenvalue weighted by atomic mass is 16.2. The Morgan fingerprint density at radius 2 is 1.77 bits per heavy atom. The number of nitrogens with two attached hydrogens (primary N) is 1. The number of imide groups is 1. The fraction of sp³-hybridized carbons (Fsp3) is 0.778. The van der Waals surface area contributed by atoms with Crippen molar-refractivity contribution in [1.82, 2.24) is 4.90 Å². The van der Waals surface area contributed by atoms with E-state index in [1.54, 1.807) is 20.8 Å². The first-order valence-electron chi connectivity index (χ1n) is 4.33. The number of carbonyl (C=O) groups is 2. The minimum Gasteiger partial charge on any atom is -0.329 e. The smallest absolute Gasteiger partial charge is 0.234 e. The first-order chi connectivity index (χ1) is 5.80. The van der Waals surface area contributed by atoms with Crippen molar-refractivity contribution in [3.63, 3.8) is 0 Å². The number of amides is 2. The van der Waals surface area contributed by atoms with Crippen LogP contribution in [0.1, 0.15) is 27.7 Å². The van der Waals surface area contributed by atoms with Gasteiger partial charge in [0.2, 0.25) is 11.8 Å². The van der Waals surface area contributed by atoms with Crippen LogP contribution in [0.25, 0.3) is 0 Å². The van der Waals surface area contributed by atoms with Gasteiger partial charge < -0.3 is 5.73 Å². The van der Waals surface area contributed by atoms with Crippen LogP contribution in [0.2, 0.25) is 0 Å². The summed E-state index contributed by atoms with van der Waals surface area (Å²) in [5, 5.41) is 0. The zero-order valence-corrected chi connectivity index (χ0v) is 8.76. The predicted octanol–water partition coefficient (Wildman–Crippen LogP) is 0.366. The molecule has 0 atom stereocenters. The van der Waals surface area contributed by atoms with E-state index in [9.17, 15) is 9.59 Å². The average molecular weight is 186 g/mol. The molecule has 13 heavy (non-hydrogen) atoms. The van der Waals surface area contributed by atoms with Crippen LogP contribution in [0.15, 0.2) is 0 Å². The molecule has 76 valence electrons. The predicted molar refractivity (Wildman–Crippen MR) is 50.9 cm³/mol. The molecule has 0 saturated carbocycles. The summed E-state index contributed by atoms with van der Waals surface area (Å²) in [4.78, 5) is 23.9. The van der Waals surface area contributed by atoms with Crippen LogP contribution in [0.5, 0.6) is 0 Å². The van der Waals surface area contributed by atoms with Gasteiger partial charge in [-0.05, 0) is 0 Å². The van der Waals surface area contributed by atoms with Gasteiger partial charge in [-0.2, -0.15) is 0 Å². The number of rotatable bonds is 2. The molecular weight excluding hydrogens is 168 g/mol. The minimum atomic E-state index is -0.527. The molecular formula is C9H18N2O2. The monoisotopic (exact) mass is 186 g/mol. The molecule has 0 rings (SSSR count). The zero-order chi connectivity index (χ0) is 10.6. The summed E-state index contributed by atoms with van der Waals surface area (Å²) in [7, 11) is 0. The zero-order valence-electron chi connectivity index (χ0n) is 8.76. The normalized spacial score (nSPS) is 11.2. The number of hydrogen-bond acceptors (Lipinski definition) is 3. The van der Waals surface area contributed by atoms with E-state index < -0.39 is 5.41 Å². The van der Waals surface area contributed by atoms with Gasteiger partial charge >= 0.3 is 0 Å². The highest BCUT2D eigenvalue weighted by Crippen LogP contribution is 2.17. The molecule has 0 fully saturated rings. The molecule has 0 unspecified atom stereocenters. The molecule has 0 bridgehead atoms. The molecule has 0 saturated heterocycles. The summed E-state index contributed by atoms with van der Waals surface area (Å²) in [6, 6.07) is 0. The van der Waals surface area contributed by atoms with Gasteiger partial charge in [0, 0.05) is 25.4 Å². The molecule has 4 nitrogen and oxygen atoms in total. The first-order valence-corrected chi connectivity index (χ1v) is 4.33. The van der Waals surface area contributed by atoms with E-state index in [0.717, 1.165) is 0 Å². The van der Waals surface area contributed by atoms with Crippen LogP contribution >= 0.6 is 0 Å². The van der Waals surface area contributed by atoms with Gasteiger partial charge in [-0.1, -0.05) is 20.8 Å². The first kappa shape index (κ1) is 12.1. The minimum absolute atomic E-state index is 0.176. The van der Waals surface area contributed by atoms with Crippen LogP contribution in [-0.2, 0) is 9.59 Å². The van der Waals surface area contributed by atoms with Gasteiger partial charge in [-0.3, -0.25) is 14.5 Å². The molecule has 0 radical (unpaired) electrons. The topological polar surface area (TPSA) is 63.4 Å². The second kappa shape index (κ2) is 4.37. The van der Waals surface area contributed by atoms with Gasteiger partial charge in [0.15, 0.2) is 0 Å². The third kappa shape index (κ3) is 3.55. The fourth-order valence-electron chi connectivity index (χ4n) is 0.936. The van der Waals surface area contributed by atoms with Gasteiger partial charge in [-0.25, -0.2) is 0 Å². The Labute approximate surface area is 79.1 Å². The molecule has 2 amide bonds. The van der Waals surface area contributed by atoms with Crippen molar-refractivity contribution >= 4 is 11.8 Å². The Balaban J connectivity index is 4.56. The second-order valence-corrected chi connectivity index (χ2v) is 4.01. The summed E-state index contributed by atoms with van der Waals surface area (Å²) in [5.41, 5.74) is 4.78. The van der Waals surface area contributed by atoms with Crippen LogP contribution < -0.4 is 5.73 Å². The number of hydrogen-bond donors (Lipinski definition) is 1. The maximum atomic E-state index is 11.6. The highest BCUT2D eigenvalue weighted by Gasteiger charge is 2.28. The van der Waals surface area contributed by atoms with Gasteiger partial charge in [0.1, 0.15) is 0 Å². The summed E-state index contributed by atoms with van der Waals surface area (Å²) in [5.74, 6) is -0.421. The maximum absolute atomic E-state index is 11.6. The third-order valence-electron chi connectivity index (χ3n) is 1.62. The lowest BCUT2D eigenvalue weighted by Crippen LogP contribution is -2.44. The van der Waals surface area contributed by atoms with Crippen molar-refractivity contribution < 1.29 is 9.59 Å². The van der Waals surface area contributed by atoms with Crippen LogP contribution in [0.3, 0.4) is 0 Å². The summed E-state index contributed by atoms with van der Waals surface area (Å²) in [6.45, 7) is 7.32. The van der Waals surface area contributed by atoms with E-state index in [0.29, 0.717) is 13.1 Å². The Morgan fingerprint density at radius 1 is 1.31 bits per heavy atom. The maximum Gasteiger partial charge on any atom is 0.234 e. The summed E-state index contributed by atoms with van der Waals surface area (Å²) >= 11 is 0. The Bertz CT molecular complexity index is 206. The summed E-state index contributed by atoms with van der Waals surface area (Å²) in [6.07, 6.45) is 0. The molecule has 4 heteroatoms. The molecule has 0 heterocycles. The molecule has 2 N–H and O–H groups in total. The van der Waals surface area contributed by atoms with Crippen LogP contribution in [0.4, 0.5) is 0 Å². The van der Waals surface area contributed by atoms with E-state index in [1.165, 1.54) is 11.8 Å². The Kier molecular flexibility index (Phi) is 4.07. The fourth-order valence-corrected chi connectivity index (χ4v) is 0.936. The van der Waals surface area contributed by atoms with E-state index in [4.69, 9.17) is 5.73 Å². The van der Waals surface area contributed by atoms with Crippen molar-refractivity contribution in [3.8, 4) is 0 Å². The Morgan fingerprint density at radius 3 is 2.00 bits per heavy atom. The summed E-state index contributed by atoms with van der Waals surface area (Å²) < 4.78 is 0. The second-order valence-electron chi connectivity index (χ2n) is 4.01. The number of nitrogens with zero attached hydrogens (tertiary/aromatic N) is 1. The molecule has 0 aromatic heterocycles. The van der Waals surface area contributed by atoms with Crippen molar-refractivity contribution in [2.45, 2.75) is 27.7 Å². The third-order valence-corrected chi connectivity index (χ3v) is 1.62. The largest absolute Gasteiger partial charge is 0.329 e. The van der Waals surface area contributed by atoms with Crippen molar-refractivity contribution in [2.75, 3.05) is 13.1 Å². The van der Waals surface area contributed by atoms with Gasteiger partial charge in [-0.15, -0.1) is 0 Å². The lowest BCUT2D eigenvalue weighted by Gasteiger charge is -2.26. The molecule has 0 aromatic carbocycles. The van der Waals surface area contributed by atoms with Gasteiger partial charge in [0.25, 0.3) is 0 Å². The van der Waals surface area contributed by atoms with Crippen LogP contribution in [0, 0.1) is 5.41 Å². The van der Waals surface area contributed by atoms with Crippen molar-refractivity contribution in [3.05, 3.63) is 0 Å². The molecule has 0 spiro atoms. The van der Waals surface area contributed by atoms with Gasteiger partial charge in [0.05, 0.1) is 0 Å². The van der Waals surface area contributed by atoms with E-state index in [2.05, 4.69) is 0 Å². The van der Waals surface area contributed by atoms with E-state index in [-0.39, 0.29) is 11.8 Å². The molecule has 0 aromatic rings. The molecule has 0 aliphatic carbocycles. The van der Waals surface area contributed by atoms with E-state index >= 15 is 0 Å². The van der Waals surface area contributed by atoms with Crippen molar-refractivity contribution in [1.29, 1.82) is 0 Å². The average Bonchev–Trinajstić information content (AvgIpc) is 1.96. The quantitative estimate of drug-likeness (QED) is 0.677. The molecule has 0 aliphatic heterocycles. The standard InChI is InChI=1S/C9H18N2O2/c1-7(12)11(6-5-10)8(13)9(2,3)4/h5-6,10H2,1-4H3. The lowest BCUT2D eigenvalue weighted by molar-refractivity contribution is -0.148. The lowest BCUT2D eigenvalue weighted by atomic mass is 9.94. The molecule has 0 aliphatic rings. The number of carbonyl (C=O) groups excluding carboxylic acids is 2. The van der Waals surface area contributed by atoms with E-state index in [1.807, 2.05) is 0 Å².